The van der Waals surface area contributed by atoms with E-state index in [-0.39, 0.29) is 0 Å². The lowest BCUT2D eigenvalue weighted by atomic mass is 10.1. The number of hydrogen-bond acceptors (Lipinski definition) is 2. The standard InChI is InChI=1S/C9H19NO/c1-4-8(10)6-7-9(5-2)11-3/h6,9H,4-5,7,10H2,1-3H3/b8-6+. The molecule has 0 saturated carbocycles. The van der Waals surface area contributed by atoms with Crippen LogP contribution in [0.15, 0.2) is 11.8 Å². The van der Waals surface area contributed by atoms with Gasteiger partial charge in [-0.2, -0.15) is 0 Å². The largest absolute Gasteiger partial charge is 0.402 e. The van der Waals surface area contributed by atoms with Crippen molar-refractivity contribution in [1.82, 2.24) is 0 Å². The summed E-state index contributed by atoms with van der Waals surface area (Å²) in [5.74, 6) is 0. The van der Waals surface area contributed by atoms with Crippen molar-refractivity contribution >= 4 is 0 Å². The second-order valence-electron chi connectivity index (χ2n) is 2.63. The zero-order valence-electron chi connectivity index (χ0n) is 7.76. The van der Waals surface area contributed by atoms with Crippen LogP contribution >= 0.6 is 0 Å². The van der Waals surface area contributed by atoms with E-state index in [1.54, 1.807) is 7.11 Å². The van der Waals surface area contributed by atoms with Crippen molar-refractivity contribution in [3.63, 3.8) is 0 Å². The van der Waals surface area contributed by atoms with Crippen molar-refractivity contribution in [3.05, 3.63) is 11.8 Å². The van der Waals surface area contributed by atoms with Gasteiger partial charge in [0.05, 0.1) is 6.10 Å². The van der Waals surface area contributed by atoms with Crippen LogP contribution in [0.1, 0.15) is 33.1 Å². The number of rotatable bonds is 5. The van der Waals surface area contributed by atoms with Gasteiger partial charge in [0, 0.05) is 12.8 Å². The molecule has 0 aromatic rings. The van der Waals surface area contributed by atoms with E-state index in [0.717, 1.165) is 25.0 Å². The van der Waals surface area contributed by atoms with Gasteiger partial charge in [-0.3, -0.25) is 0 Å². The highest BCUT2D eigenvalue weighted by atomic mass is 16.5. The molecular formula is C9H19NO. The predicted octanol–water partition coefficient (Wildman–Crippen LogP) is 2.05. The lowest BCUT2D eigenvalue weighted by molar-refractivity contribution is 0.102. The summed E-state index contributed by atoms with van der Waals surface area (Å²) in [5, 5.41) is 0. The first kappa shape index (κ1) is 10.5. The van der Waals surface area contributed by atoms with Crippen LogP contribution in [0.2, 0.25) is 0 Å². The summed E-state index contributed by atoms with van der Waals surface area (Å²) in [7, 11) is 1.74. The Morgan fingerprint density at radius 2 is 2.18 bits per heavy atom. The van der Waals surface area contributed by atoms with Crippen molar-refractivity contribution in [2.75, 3.05) is 7.11 Å². The third kappa shape index (κ3) is 4.85. The first-order valence-corrected chi connectivity index (χ1v) is 4.21. The van der Waals surface area contributed by atoms with Crippen LogP contribution in [0, 0.1) is 0 Å². The third-order valence-corrected chi connectivity index (χ3v) is 1.84. The molecule has 0 amide bonds. The van der Waals surface area contributed by atoms with Gasteiger partial charge in [0.25, 0.3) is 0 Å². The predicted molar refractivity (Wildman–Crippen MR) is 48.3 cm³/mol. The molecule has 0 bridgehead atoms. The molecule has 11 heavy (non-hydrogen) atoms. The van der Waals surface area contributed by atoms with Gasteiger partial charge in [-0.25, -0.2) is 0 Å². The minimum Gasteiger partial charge on any atom is -0.402 e. The maximum absolute atomic E-state index is 5.64. The first-order chi connectivity index (χ1) is 5.24. The lowest BCUT2D eigenvalue weighted by Crippen LogP contribution is -2.08. The molecule has 0 aliphatic rings. The van der Waals surface area contributed by atoms with Gasteiger partial charge in [-0.15, -0.1) is 0 Å². The molecule has 0 rings (SSSR count). The van der Waals surface area contributed by atoms with E-state index >= 15 is 0 Å². The van der Waals surface area contributed by atoms with Crippen LogP contribution in [0.25, 0.3) is 0 Å². The van der Waals surface area contributed by atoms with Crippen LogP contribution in [-0.4, -0.2) is 13.2 Å². The highest BCUT2D eigenvalue weighted by Gasteiger charge is 2.00. The first-order valence-electron chi connectivity index (χ1n) is 4.21. The zero-order valence-corrected chi connectivity index (χ0v) is 7.76. The summed E-state index contributed by atoms with van der Waals surface area (Å²) in [6, 6.07) is 0. The normalized spacial score (nSPS) is 15.0. The third-order valence-electron chi connectivity index (χ3n) is 1.84. The Morgan fingerprint density at radius 3 is 2.55 bits per heavy atom. The summed E-state index contributed by atoms with van der Waals surface area (Å²) in [5.41, 5.74) is 6.60. The van der Waals surface area contributed by atoms with Gasteiger partial charge >= 0.3 is 0 Å². The second kappa shape index (κ2) is 6.23. The highest BCUT2D eigenvalue weighted by Crippen LogP contribution is 2.04. The Labute approximate surface area is 69.4 Å². The van der Waals surface area contributed by atoms with Crippen molar-refractivity contribution < 1.29 is 4.74 Å². The molecule has 0 aromatic carbocycles. The van der Waals surface area contributed by atoms with Crippen molar-refractivity contribution in [2.24, 2.45) is 5.73 Å². The smallest absolute Gasteiger partial charge is 0.0603 e. The maximum atomic E-state index is 5.64. The molecule has 0 aromatic heterocycles. The summed E-state index contributed by atoms with van der Waals surface area (Å²) in [4.78, 5) is 0. The fourth-order valence-corrected chi connectivity index (χ4v) is 0.857. The van der Waals surface area contributed by atoms with Gasteiger partial charge in [0.1, 0.15) is 0 Å². The van der Waals surface area contributed by atoms with E-state index in [1.165, 1.54) is 0 Å². The molecule has 0 aliphatic carbocycles. The molecule has 0 radical (unpaired) electrons. The molecule has 2 N–H and O–H groups in total. The van der Waals surface area contributed by atoms with Crippen LogP contribution in [0.3, 0.4) is 0 Å². The Kier molecular flexibility index (Phi) is 5.94. The molecule has 0 spiro atoms. The molecular weight excluding hydrogens is 138 g/mol. The molecule has 1 atom stereocenters. The SMILES string of the molecule is CC/C(N)=C\CC(CC)OC. The van der Waals surface area contributed by atoms with Gasteiger partial charge in [-0.05, 0) is 19.3 Å². The minimum atomic E-state index is 0.333. The van der Waals surface area contributed by atoms with E-state index in [0.29, 0.717) is 6.10 Å². The topological polar surface area (TPSA) is 35.2 Å². The highest BCUT2D eigenvalue weighted by molar-refractivity contribution is 4.96. The monoisotopic (exact) mass is 157 g/mol. The molecule has 0 heterocycles. The summed E-state index contributed by atoms with van der Waals surface area (Å²) >= 11 is 0. The summed E-state index contributed by atoms with van der Waals surface area (Å²) < 4.78 is 5.19. The Bertz CT molecular complexity index is 117. The summed E-state index contributed by atoms with van der Waals surface area (Å²) in [6.45, 7) is 4.17. The number of allylic oxidation sites excluding steroid dienone is 1. The van der Waals surface area contributed by atoms with Gasteiger partial charge in [0.2, 0.25) is 0 Å². The van der Waals surface area contributed by atoms with Gasteiger partial charge in [-0.1, -0.05) is 19.9 Å². The summed E-state index contributed by atoms with van der Waals surface area (Å²) in [6.07, 6.45) is 5.30. The lowest BCUT2D eigenvalue weighted by Gasteiger charge is -2.09. The van der Waals surface area contributed by atoms with Crippen LogP contribution in [0.5, 0.6) is 0 Å². The quantitative estimate of drug-likeness (QED) is 0.663. The average Bonchev–Trinajstić information content (AvgIpc) is 2.06. The van der Waals surface area contributed by atoms with Gasteiger partial charge in [0.15, 0.2) is 0 Å². The van der Waals surface area contributed by atoms with Crippen LogP contribution < -0.4 is 5.73 Å². The number of methoxy groups -OCH3 is 1. The Hall–Kier alpha value is -0.500. The molecule has 66 valence electrons. The van der Waals surface area contributed by atoms with E-state index in [2.05, 4.69) is 19.9 Å². The molecule has 0 aliphatic heterocycles. The minimum absolute atomic E-state index is 0.333. The molecule has 1 unspecified atom stereocenters. The molecule has 2 nitrogen and oxygen atoms in total. The van der Waals surface area contributed by atoms with E-state index in [4.69, 9.17) is 10.5 Å². The average molecular weight is 157 g/mol. The van der Waals surface area contributed by atoms with E-state index in [9.17, 15) is 0 Å². The fourth-order valence-electron chi connectivity index (χ4n) is 0.857. The van der Waals surface area contributed by atoms with Crippen LogP contribution in [0.4, 0.5) is 0 Å². The number of hydrogen-bond donors (Lipinski definition) is 1. The van der Waals surface area contributed by atoms with E-state index in [1.807, 2.05) is 0 Å². The molecule has 0 fully saturated rings. The fraction of sp³-hybridized carbons (Fsp3) is 0.778. The molecule has 2 heteroatoms. The number of ether oxygens (including phenoxy) is 1. The van der Waals surface area contributed by atoms with Crippen molar-refractivity contribution in [3.8, 4) is 0 Å². The van der Waals surface area contributed by atoms with Gasteiger partial charge < -0.3 is 10.5 Å². The Balaban J connectivity index is 3.65. The van der Waals surface area contributed by atoms with E-state index < -0.39 is 0 Å². The zero-order chi connectivity index (χ0) is 8.69. The van der Waals surface area contributed by atoms with Crippen LogP contribution in [-0.2, 0) is 4.74 Å². The number of nitrogens with two attached hydrogens (primary N) is 1. The second-order valence-corrected chi connectivity index (χ2v) is 2.63. The Morgan fingerprint density at radius 1 is 1.55 bits per heavy atom. The van der Waals surface area contributed by atoms with Crippen molar-refractivity contribution in [2.45, 2.75) is 39.2 Å². The molecule has 0 saturated heterocycles. The van der Waals surface area contributed by atoms with Crippen molar-refractivity contribution in [1.29, 1.82) is 0 Å². The maximum Gasteiger partial charge on any atom is 0.0603 e.